The second-order valence-electron chi connectivity index (χ2n) is 3.67. The summed E-state index contributed by atoms with van der Waals surface area (Å²) >= 11 is 1.62. The number of thioether (sulfide) groups is 1. The highest BCUT2D eigenvalue weighted by Crippen LogP contribution is 2.18. The zero-order chi connectivity index (χ0) is 11.4. The van der Waals surface area contributed by atoms with Gasteiger partial charge in [-0.05, 0) is 23.8 Å². The molecule has 0 aliphatic heterocycles. The molecule has 1 heterocycles. The summed E-state index contributed by atoms with van der Waals surface area (Å²) in [7, 11) is 0. The van der Waals surface area contributed by atoms with Crippen molar-refractivity contribution in [1.29, 1.82) is 0 Å². The Morgan fingerprint density at radius 1 is 1.60 bits per heavy atom. The Morgan fingerprint density at radius 2 is 2.27 bits per heavy atom. The van der Waals surface area contributed by atoms with Crippen LogP contribution in [0.15, 0.2) is 12.3 Å². The highest BCUT2D eigenvalue weighted by Gasteiger charge is 2.13. The first-order valence-corrected chi connectivity index (χ1v) is 5.93. The third-order valence-corrected chi connectivity index (χ3v) is 3.11. The monoisotopic (exact) mass is 224 g/mol. The number of hydrogen-bond donors (Lipinski definition) is 1. The second kappa shape index (κ2) is 5.16. The fraction of sp³-hybridized carbons (Fsp3) is 0.455. The van der Waals surface area contributed by atoms with Gasteiger partial charge in [-0.2, -0.15) is 11.8 Å². The lowest BCUT2D eigenvalue weighted by molar-refractivity contribution is 0.102. The fourth-order valence-corrected chi connectivity index (χ4v) is 1.89. The van der Waals surface area contributed by atoms with Crippen molar-refractivity contribution in [2.24, 2.45) is 0 Å². The van der Waals surface area contributed by atoms with Crippen LogP contribution in [0.25, 0.3) is 0 Å². The van der Waals surface area contributed by atoms with Crippen LogP contribution in [0.2, 0.25) is 0 Å². The number of ketones is 1. The largest absolute Gasteiger partial charge is 0.383 e. The standard InChI is InChI=1S/C11H16N2OS/c1-7(2)15-6-9(14)10-8(3)4-5-13-11(10)12/h4-5,7H,6H2,1-3H3,(H2,12,13). The first kappa shape index (κ1) is 12.0. The summed E-state index contributed by atoms with van der Waals surface area (Å²) in [5.74, 6) is 0.871. The van der Waals surface area contributed by atoms with Gasteiger partial charge in [0.15, 0.2) is 5.78 Å². The normalized spacial score (nSPS) is 10.7. The van der Waals surface area contributed by atoms with E-state index in [9.17, 15) is 4.79 Å². The molecule has 2 N–H and O–H groups in total. The van der Waals surface area contributed by atoms with Gasteiger partial charge in [-0.1, -0.05) is 13.8 Å². The first-order chi connectivity index (χ1) is 7.02. The van der Waals surface area contributed by atoms with Gasteiger partial charge in [0.05, 0.1) is 11.3 Å². The van der Waals surface area contributed by atoms with Crippen molar-refractivity contribution in [3.63, 3.8) is 0 Å². The second-order valence-corrected chi connectivity index (χ2v) is 5.24. The van der Waals surface area contributed by atoms with E-state index in [1.807, 2.05) is 13.0 Å². The molecular formula is C11H16N2OS. The van der Waals surface area contributed by atoms with Crippen LogP contribution in [0.3, 0.4) is 0 Å². The zero-order valence-electron chi connectivity index (χ0n) is 9.28. The molecule has 0 unspecified atom stereocenters. The highest BCUT2D eigenvalue weighted by atomic mass is 32.2. The number of anilines is 1. The molecule has 0 atom stereocenters. The lowest BCUT2D eigenvalue weighted by Gasteiger charge is -2.08. The number of pyridine rings is 1. The number of Topliss-reactive ketones (excluding diaryl/α,β-unsaturated/α-hetero) is 1. The van der Waals surface area contributed by atoms with E-state index in [0.717, 1.165) is 5.56 Å². The molecule has 3 nitrogen and oxygen atoms in total. The minimum absolute atomic E-state index is 0.0665. The predicted molar refractivity (Wildman–Crippen MR) is 65.3 cm³/mol. The van der Waals surface area contributed by atoms with Crippen molar-refractivity contribution >= 4 is 23.4 Å². The first-order valence-electron chi connectivity index (χ1n) is 4.88. The van der Waals surface area contributed by atoms with Crippen molar-refractivity contribution < 1.29 is 4.79 Å². The van der Waals surface area contributed by atoms with Crippen LogP contribution in [0.4, 0.5) is 5.82 Å². The Labute approximate surface area is 94.5 Å². The molecule has 1 rings (SSSR count). The number of nitrogens with zero attached hydrogens (tertiary/aromatic N) is 1. The van der Waals surface area contributed by atoms with Crippen molar-refractivity contribution in [2.75, 3.05) is 11.5 Å². The Morgan fingerprint density at radius 3 is 2.80 bits per heavy atom. The quantitative estimate of drug-likeness (QED) is 0.797. The van der Waals surface area contributed by atoms with Crippen LogP contribution < -0.4 is 5.73 Å². The van der Waals surface area contributed by atoms with E-state index in [1.165, 1.54) is 0 Å². The summed E-state index contributed by atoms with van der Waals surface area (Å²) in [5.41, 5.74) is 7.16. The number of carbonyl (C=O) groups is 1. The smallest absolute Gasteiger partial charge is 0.176 e. The van der Waals surface area contributed by atoms with Crippen LogP contribution in [0.1, 0.15) is 29.8 Å². The topological polar surface area (TPSA) is 56.0 Å². The summed E-state index contributed by atoms with van der Waals surface area (Å²) in [5, 5.41) is 0.451. The molecule has 82 valence electrons. The van der Waals surface area contributed by atoms with Gasteiger partial charge >= 0.3 is 0 Å². The Kier molecular flexibility index (Phi) is 4.15. The third-order valence-electron chi connectivity index (χ3n) is 2.02. The van der Waals surface area contributed by atoms with Crippen LogP contribution in [-0.2, 0) is 0 Å². The van der Waals surface area contributed by atoms with Gasteiger partial charge in [-0.15, -0.1) is 0 Å². The molecule has 0 amide bonds. The molecule has 0 aliphatic rings. The number of aryl methyl sites for hydroxylation is 1. The van der Waals surface area contributed by atoms with E-state index in [-0.39, 0.29) is 5.78 Å². The number of nitrogens with two attached hydrogens (primary N) is 1. The van der Waals surface area contributed by atoms with Gasteiger partial charge in [0.2, 0.25) is 0 Å². The molecule has 0 saturated carbocycles. The maximum Gasteiger partial charge on any atom is 0.176 e. The van der Waals surface area contributed by atoms with E-state index in [4.69, 9.17) is 5.73 Å². The molecule has 4 heteroatoms. The minimum atomic E-state index is 0.0665. The van der Waals surface area contributed by atoms with Gasteiger partial charge in [0, 0.05) is 6.20 Å². The van der Waals surface area contributed by atoms with Crippen molar-refractivity contribution in [1.82, 2.24) is 4.98 Å². The fourth-order valence-electron chi connectivity index (χ4n) is 1.26. The third kappa shape index (κ3) is 3.23. The molecule has 0 saturated heterocycles. The average molecular weight is 224 g/mol. The van der Waals surface area contributed by atoms with Crippen LogP contribution >= 0.6 is 11.8 Å². The molecule has 0 fully saturated rings. The maximum atomic E-state index is 11.8. The highest BCUT2D eigenvalue weighted by molar-refractivity contribution is 8.00. The van der Waals surface area contributed by atoms with Crippen LogP contribution in [0, 0.1) is 6.92 Å². The van der Waals surface area contributed by atoms with Gasteiger partial charge in [0.1, 0.15) is 5.82 Å². The van der Waals surface area contributed by atoms with E-state index >= 15 is 0 Å². The predicted octanol–water partition coefficient (Wildman–Crippen LogP) is 2.30. The summed E-state index contributed by atoms with van der Waals surface area (Å²) < 4.78 is 0. The van der Waals surface area contributed by atoms with E-state index in [0.29, 0.717) is 22.4 Å². The Balaban J connectivity index is 2.82. The molecule has 0 aliphatic carbocycles. The minimum Gasteiger partial charge on any atom is -0.383 e. The van der Waals surface area contributed by atoms with Crippen molar-refractivity contribution in [3.05, 3.63) is 23.4 Å². The van der Waals surface area contributed by atoms with Gasteiger partial charge in [-0.3, -0.25) is 4.79 Å². The van der Waals surface area contributed by atoms with Gasteiger partial charge in [0.25, 0.3) is 0 Å². The molecular weight excluding hydrogens is 208 g/mol. The Bertz CT molecular complexity index is 343. The summed E-state index contributed by atoms with van der Waals surface area (Å²) in [6.07, 6.45) is 1.62. The molecule has 0 radical (unpaired) electrons. The lowest BCUT2D eigenvalue weighted by Crippen LogP contribution is -2.11. The molecule has 1 aromatic heterocycles. The van der Waals surface area contributed by atoms with Crippen molar-refractivity contribution in [3.8, 4) is 0 Å². The Hall–Kier alpha value is -1.03. The van der Waals surface area contributed by atoms with Gasteiger partial charge < -0.3 is 5.73 Å². The number of nitrogen functional groups attached to an aromatic ring is 1. The lowest BCUT2D eigenvalue weighted by atomic mass is 10.1. The van der Waals surface area contributed by atoms with Crippen LogP contribution in [-0.4, -0.2) is 21.8 Å². The molecule has 0 aromatic carbocycles. The molecule has 15 heavy (non-hydrogen) atoms. The van der Waals surface area contributed by atoms with E-state index in [1.54, 1.807) is 18.0 Å². The number of rotatable bonds is 4. The number of hydrogen-bond acceptors (Lipinski definition) is 4. The molecule has 0 bridgehead atoms. The van der Waals surface area contributed by atoms with Crippen molar-refractivity contribution in [2.45, 2.75) is 26.0 Å². The van der Waals surface area contributed by atoms with E-state index in [2.05, 4.69) is 18.8 Å². The van der Waals surface area contributed by atoms with Gasteiger partial charge in [-0.25, -0.2) is 4.98 Å². The maximum absolute atomic E-state index is 11.8. The summed E-state index contributed by atoms with van der Waals surface area (Å²) in [6.45, 7) is 6.01. The van der Waals surface area contributed by atoms with E-state index < -0.39 is 0 Å². The number of carbonyl (C=O) groups excluding carboxylic acids is 1. The van der Waals surface area contributed by atoms with Crippen LogP contribution in [0.5, 0.6) is 0 Å². The molecule has 0 spiro atoms. The number of aromatic nitrogens is 1. The average Bonchev–Trinajstić information content (AvgIpc) is 2.14. The zero-order valence-corrected chi connectivity index (χ0v) is 10.1. The molecule has 1 aromatic rings. The summed E-state index contributed by atoms with van der Waals surface area (Å²) in [6, 6.07) is 1.81. The SMILES string of the molecule is Cc1ccnc(N)c1C(=O)CSC(C)C. The summed E-state index contributed by atoms with van der Waals surface area (Å²) in [4.78, 5) is 15.8.